The fraction of sp³-hybridized carbons (Fsp3) is 0.389. The molecule has 5 nitrogen and oxygen atoms in total. The lowest BCUT2D eigenvalue weighted by molar-refractivity contribution is -0.124. The fourth-order valence-electron chi connectivity index (χ4n) is 3.02. The second-order valence-corrected chi connectivity index (χ2v) is 9.16. The average molecular weight is 379 g/mol. The molecule has 1 saturated heterocycles. The van der Waals surface area contributed by atoms with Gasteiger partial charge in [0.1, 0.15) is 10.3 Å². The number of hydrogen-bond acceptors (Lipinski definition) is 4. The van der Waals surface area contributed by atoms with Crippen LogP contribution < -0.4 is 5.32 Å². The predicted molar refractivity (Wildman–Crippen MR) is 98.9 cm³/mol. The number of rotatable bonds is 6. The quantitative estimate of drug-likeness (QED) is 0.840. The highest BCUT2D eigenvalue weighted by molar-refractivity contribution is 7.91. The van der Waals surface area contributed by atoms with Crippen LogP contribution in [0.3, 0.4) is 0 Å². The van der Waals surface area contributed by atoms with Crippen LogP contribution in [0.4, 0.5) is 0 Å². The second kappa shape index (κ2) is 7.68. The molecule has 1 aliphatic heterocycles. The number of amides is 1. The molecule has 0 bridgehead atoms. The lowest BCUT2D eigenvalue weighted by atomic mass is 10.1. The van der Waals surface area contributed by atoms with Gasteiger partial charge in [-0.25, -0.2) is 8.42 Å². The summed E-state index contributed by atoms with van der Waals surface area (Å²) in [6, 6.07) is 10.8. The van der Waals surface area contributed by atoms with E-state index in [4.69, 9.17) is 0 Å². The standard InChI is InChI=1S/C18H22N2O3S2/c1-2-14-7-9-15(10-8-14)13-19-18(21)16-5-3-11-20(16)25(22,23)17-6-4-12-24-17/h4,6-10,12,16H,2-3,5,11,13H2,1H3,(H,19,21)/t16-/m0/s1. The van der Waals surface area contributed by atoms with E-state index in [1.807, 2.05) is 24.3 Å². The van der Waals surface area contributed by atoms with Crippen LogP contribution in [0.15, 0.2) is 46.0 Å². The van der Waals surface area contributed by atoms with Crippen molar-refractivity contribution in [3.63, 3.8) is 0 Å². The van der Waals surface area contributed by atoms with Gasteiger partial charge < -0.3 is 5.32 Å². The number of nitrogens with one attached hydrogen (secondary N) is 1. The van der Waals surface area contributed by atoms with Crippen molar-refractivity contribution < 1.29 is 13.2 Å². The molecule has 0 radical (unpaired) electrons. The molecule has 1 atom stereocenters. The van der Waals surface area contributed by atoms with Gasteiger partial charge in [0.25, 0.3) is 10.0 Å². The van der Waals surface area contributed by atoms with E-state index in [1.165, 1.54) is 21.2 Å². The van der Waals surface area contributed by atoms with E-state index < -0.39 is 16.1 Å². The normalized spacial score (nSPS) is 18.4. The summed E-state index contributed by atoms with van der Waals surface area (Å²) in [4.78, 5) is 12.6. The van der Waals surface area contributed by atoms with E-state index in [1.54, 1.807) is 17.5 Å². The third kappa shape index (κ3) is 3.94. The first-order valence-corrected chi connectivity index (χ1v) is 10.7. The number of carbonyl (C=O) groups excluding carboxylic acids is 1. The molecule has 1 N–H and O–H groups in total. The Kier molecular flexibility index (Phi) is 5.56. The minimum atomic E-state index is -3.59. The first-order chi connectivity index (χ1) is 12.0. The number of hydrogen-bond donors (Lipinski definition) is 1. The molecule has 0 unspecified atom stereocenters. The Morgan fingerprint density at radius 2 is 1.96 bits per heavy atom. The van der Waals surface area contributed by atoms with Gasteiger partial charge in [-0.2, -0.15) is 4.31 Å². The van der Waals surface area contributed by atoms with Crippen LogP contribution in [0, 0.1) is 0 Å². The third-order valence-electron chi connectivity index (χ3n) is 4.46. The summed E-state index contributed by atoms with van der Waals surface area (Å²) < 4.78 is 27.1. The monoisotopic (exact) mass is 378 g/mol. The highest BCUT2D eigenvalue weighted by Gasteiger charge is 2.39. The van der Waals surface area contributed by atoms with Crippen LogP contribution >= 0.6 is 11.3 Å². The van der Waals surface area contributed by atoms with Crippen molar-refractivity contribution in [1.82, 2.24) is 9.62 Å². The number of carbonyl (C=O) groups is 1. The highest BCUT2D eigenvalue weighted by atomic mass is 32.2. The molecule has 134 valence electrons. The Balaban J connectivity index is 1.66. The Bertz CT molecular complexity index is 815. The number of benzene rings is 1. The van der Waals surface area contributed by atoms with Gasteiger partial charge in [0.15, 0.2) is 0 Å². The lowest BCUT2D eigenvalue weighted by Crippen LogP contribution is -2.45. The van der Waals surface area contributed by atoms with E-state index in [0.29, 0.717) is 30.1 Å². The number of thiophene rings is 1. The van der Waals surface area contributed by atoms with Gasteiger partial charge in [-0.1, -0.05) is 37.3 Å². The maximum atomic E-state index is 12.7. The summed E-state index contributed by atoms with van der Waals surface area (Å²) in [5.41, 5.74) is 2.26. The molecule has 0 spiro atoms. The predicted octanol–water partition coefficient (Wildman–Crippen LogP) is 2.78. The summed E-state index contributed by atoms with van der Waals surface area (Å²) in [6.07, 6.45) is 2.24. The summed E-state index contributed by atoms with van der Waals surface area (Å²) in [5, 5.41) is 4.62. The molecule has 1 aromatic heterocycles. The van der Waals surface area contributed by atoms with Gasteiger partial charge in [-0.15, -0.1) is 11.3 Å². The largest absolute Gasteiger partial charge is 0.351 e. The van der Waals surface area contributed by atoms with Crippen molar-refractivity contribution in [3.8, 4) is 0 Å². The zero-order valence-corrected chi connectivity index (χ0v) is 15.8. The molecule has 1 aliphatic rings. The lowest BCUT2D eigenvalue weighted by Gasteiger charge is -2.22. The zero-order valence-electron chi connectivity index (χ0n) is 14.1. The summed E-state index contributed by atoms with van der Waals surface area (Å²) in [5.74, 6) is -0.225. The average Bonchev–Trinajstić information content (AvgIpc) is 3.31. The Morgan fingerprint density at radius 3 is 2.60 bits per heavy atom. The Hall–Kier alpha value is -1.70. The molecule has 25 heavy (non-hydrogen) atoms. The SMILES string of the molecule is CCc1ccc(CNC(=O)[C@@H]2CCCN2S(=O)(=O)c2cccs2)cc1. The van der Waals surface area contributed by atoms with Crippen molar-refractivity contribution in [3.05, 3.63) is 52.9 Å². The second-order valence-electron chi connectivity index (χ2n) is 6.09. The molecule has 2 aromatic rings. The van der Waals surface area contributed by atoms with Gasteiger partial charge in [0, 0.05) is 13.1 Å². The van der Waals surface area contributed by atoms with Gasteiger partial charge >= 0.3 is 0 Å². The Labute approximate surface area is 152 Å². The minimum Gasteiger partial charge on any atom is -0.351 e. The maximum absolute atomic E-state index is 12.7. The fourth-order valence-corrected chi connectivity index (χ4v) is 5.79. The van der Waals surface area contributed by atoms with Crippen LogP contribution in [0.5, 0.6) is 0 Å². The molecule has 0 aliphatic carbocycles. The smallest absolute Gasteiger partial charge is 0.253 e. The summed E-state index contributed by atoms with van der Waals surface area (Å²) in [6.45, 7) is 2.90. The van der Waals surface area contributed by atoms with E-state index in [0.717, 1.165) is 12.0 Å². The summed E-state index contributed by atoms with van der Waals surface area (Å²) >= 11 is 1.18. The zero-order chi connectivity index (χ0) is 17.9. The van der Waals surface area contributed by atoms with E-state index in [-0.39, 0.29) is 5.91 Å². The van der Waals surface area contributed by atoms with Crippen molar-refractivity contribution >= 4 is 27.3 Å². The molecular formula is C18H22N2O3S2. The molecule has 0 saturated carbocycles. The van der Waals surface area contributed by atoms with Gasteiger partial charge in [0.05, 0.1) is 0 Å². The van der Waals surface area contributed by atoms with Crippen LogP contribution in [0.2, 0.25) is 0 Å². The van der Waals surface area contributed by atoms with Crippen LogP contribution in [-0.2, 0) is 27.8 Å². The van der Waals surface area contributed by atoms with Gasteiger partial charge in [0.2, 0.25) is 5.91 Å². The number of nitrogens with zero attached hydrogens (tertiary/aromatic N) is 1. The van der Waals surface area contributed by atoms with Crippen molar-refractivity contribution in [1.29, 1.82) is 0 Å². The first kappa shape index (κ1) is 18.1. The molecule has 1 amide bonds. The van der Waals surface area contributed by atoms with Gasteiger partial charge in [-0.05, 0) is 41.8 Å². The summed E-state index contributed by atoms with van der Waals surface area (Å²) in [7, 11) is -3.59. The molecule has 3 rings (SSSR count). The topological polar surface area (TPSA) is 66.5 Å². The van der Waals surface area contributed by atoms with Crippen LogP contribution in [0.25, 0.3) is 0 Å². The van der Waals surface area contributed by atoms with E-state index in [9.17, 15) is 13.2 Å². The first-order valence-electron chi connectivity index (χ1n) is 8.43. The van der Waals surface area contributed by atoms with Crippen LogP contribution in [0.1, 0.15) is 30.9 Å². The van der Waals surface area contributed by atoms with E-state index in [2.05, 4.69) is 12.2 Å². The van der Waals surface area contributed by atoms with Crippen molar-refractivity contribution in [2.24, 2.45) is 0 Å². The van der Waals surface area contributed by atoms with Gasteiger partial charge in [-0.3, -0.25) is 4.79 Å². The van der Waals surface area contributed by atoms with Crippen LogP contribution in [-0.4, -0.2) is 31.2 Å². The maximum Gasteiger partial charge on any atom is 0.253 e. The molecule has 1 aromatic carbocycles. The van der Waals surface area contributed by atoms with E-state index >= 15 is 0 Å². The molecule has 1 fully saturated rings. The third-order valence-corrected chi connectivity index (χ3v) is 7.74. The highest BCUT2D eigenvalue weighted by Crippen LogP contribution is 2.28. The van der Waals surface area contributed by atoms with Crippen molar-refractivity contribution in [2.75, 3.05) is 6.54 Å². The number of aryl methyl sites for hydroxylation is 1. The van der Waals surface area contributed by atoms with Crippen molar-refractivity contribution in [2.45, 2.75) is 43.0 Å². The molecule has 2 heterocycles. The number of sulfonamides is 1. The molecule has 7 heteroatoms. The minimum absolute atomic E-state index is 0.225. The molecular weight excluding hydrogens is 356 g/mol. The Morgan fingerprint density at radius 1 is 1.24 bits per heavy atom.